The lowest BCUT2D eigenvalue weighted by Crippen LogP contribution is -2.29. The molecule has 0 saturated carbocycles. The molecule has 0 radical (unpaired) electrons. The molecule has 0 aliphatic carbocycles. The Morgan fingerprint density at radius 3 is 2.48 bits per heavy atom. The Morgan fingerprint density at radius 2 is 1.77 bits per heavy atom. The molecule has 1 aromatic heterocycles. The molecule has 4 aromatic rings. The highest BCUT2D eigenvalue weighted by molar-refractivity contribution is 7.98. The number of anilines is 1. The minimum Gasteiger partial charge on any atom is -0.450 e. The summed E-state index contributed by atoms with van der Waals surface area (Å²) in [6, 6.07) is 18.4. The van der Waals surface area contributed by atoms with E-state index in [4.69, 9.17) is 4.42 Å². The number of hydrogen-bond acceptors (Lipinski definition) is 4. The number of fused-ring (bicyclic) bond motifs is 2. The fourth-order valence-electron chi connectivity index (χ4n) is 4.09. The van der Waals surface area contributed by atoms with Gasteiger partial charge < -0.3 is 4.42 Å². The van der Waals surface area contributed by atoms with E-state index in [-0.39, 0.29) is 28.2 Å². The number of halogens is 1. The lowest BCUT2D eigenvalue weighted by atomic mass is 9.98. The summed E-state index contributed by atoms with van der Waals surface area (Å²) in [4.78, 5) is 29.6. The number of carbonyl (C=O) groups excluding carboxylic acids is 1. The summed E-state index contributed by atoms with van der Waals surface area (Å²) < 4.78 is 19.7. The number of rotatable bonds is 3. The molecule has 0 fully saturated rings. The van der Waals surface area contributed by atoms with Crippen molar-refractivity contribution in [3.05, 3.63) is 105 Å². The van der Waals surface area contributed by atoms with Crippen LogP contribution >= 0.6 is 11.8 Å². The highest BCUT2D eigenvalue weighted by atomic mass is 32.2. The molecule has 0 saturated heterocycles. The maximum atomic E-state index is 13.9. The fourth-order valence-corrected chi connectivity index (χ4v) is 4.50. The summed E-state index contributed by atoms with van der Waals surface area (Å²) >= 11 is 1.61. The number of aryl methyl sites for hydroxylation is 1. The second kappa shape index (κ2) is 7.39. The van der Waals surface area contributed by atoms with Gasteiger partial charge in [-0.25, -0.2) is 4.39 Å². The van der Waals surface area contributed by atoms with Gasteiger partial charge in [0, 0.05) is 10.6 Å². The van der Waals surface area contributed by atoms with Gasteiger partial charge in [-0.1, -0.05) is 24.3 Å². The first-order valence-corrected chi connectivity index (χ1v) is 11.0. The Hall–Kier alpha value is -3.38. The SMILES string of the molecule is CSc1ccc(C2c3c(oc4ccc(F)cc4c3=O)C(=O)N2c2cccc(C)c2)cc1. The molecule has 1 atom stereocenters. The fraction of sp³-hybridized carbons (Fsp3) is 0.120. The van der Waals surface area contributed by atoms with E-state index in [0.717, 1.165) is 22.1 Å². The number of benzene rings is 3. The molecule has 1 aliphatic rings. The van der Waals surface area contributed by atoms with Gasteiger partial charge in [-0.2, -0.15) is 0 Å². The summed E-state index contributed by atoms with van der Waals surface area (Å²) in [6.45, 7) is 1.94. The lowest BCUT2D eigenvalue weighted by Gasteiger charge is -2.25. The molecular weight excluding hydrogens is 413 g/mol. The van der Waals surface area contributed by atoms with Crippen molar-refractivity contribution >= 4 is 34.3 Å². The van der Waals surface area contributed by atoms with Crippen molar-refractivity contribution in [2.45, 2.75) is 17.9 Å². The van der Waals surface area contributed by atoms with Gasteiger partial charge >= 0.3 is 0 Å². The number of hydrogen-bond donors (Lipinski definition) is 0. The Morgan fingerprint density at radius 1 is 1.00 bits per heavy atom. The topological polar surface area (TPSA) is 50.5 Å². The smallest absolute Gasteiger partial charge is 0.295 e. The van der Waals surface area contributed by atoms with Crippen LogP contribution in [0.3, 0.4) is 0 Å². The van der Waals surface area contributed by atoms with Crippen LogP contribution in [-0.2, 0) is 0 Å². The van der Waals surface area contributed by atoms with Crippen molar-refractivity contribution in [3.63, 3.8) is 0 Å². The zero-order valence-corrected chi connectivity index (χ0v) is 17.7. The number of carbonyl (C=O) groups is 1. The first-order chi connectivity index (χ1) is 15.0. The van der Waals surface area contributed by atoms with Crippen molar-refractivity contribution in [3.8, 4) is 0 Å². The molecule has 1 amide bonds. The molecule has 1 aliphatic heterocycles. The van der Waals surface area contributed by atoms with E-state index in [1.165, 1.54) is 12.1 Å². The molecule has 5 rings (SSSR count). The normalized spacial score (nSPS) is 15.5. The third kappa shape index (κ3) is 3.15. The van der Waals surface area contributed by atoms with Gasteiger partial charge in [0.05, 0.1) is 17.0 Å². The molecule has 3 aromatic carbocycles. The molecule has 0 N–H and O–H groups in total. The van der Waals surface area contributed by atoms with E-state index in [9.17, 15) is 14.0 Å². The van der Waals surface area contributed by atoms with Gasteiger partial charge in [-0.15, -0.1) is 11.8 Å². The summed E-state index contributed by atoms with van der Waals surface area (Å²) in [5.41, 5.74) is 2.49. The van der Waals surface area contributed by atoms with Crippen LogP contribution in [0.25, 0.3) is 11.0 Å². The first kappa shape index (κ1) is 19.6. The Kier molecular flexibility index (Phi) is 4.67. The summed E-state index contributed by atoms with van der Waals surface area (Å²) in [5.74, 6) is -0.909. The standard InChI is InChI=1S/C25H18FNO3S/c1-14-4-3-5-17(12-14)27-22(15-6-9-18(31-2)10-7-15)21-23(28)19-13-16(26)8-11-20(19)30-24(21)25(27)29/h3-13,22H,1-2H3. The number of thioether (sulfide) groups is 1. The second-order valence-corrected chi connectivity index (χ2v) is 8.38. The van der Waals surface area contributed by atoms with Crippen LogP contribution in [0, 0.1) is 12.7 Å². The van der Waals surface area contributed by atoms with Crippen LogP contribution in [0.2, 0.25) is 0 Å². The van der Waals surface area contributed by atoms with Crippen LogP contribution in [0.5, 0.6) is 0 Å². The molecule has 0 spiro atoms. The Bertz CT molecular complexity index is 1390. The monoisotopic (exact) mass is 431 g/mol. The molecule has 2 heterocycles. The third-order valence-electron chi connectivity index (χ3n) is 5.54. The predicted molar refractivity (Wildman–Crippen MR) is 120 cm³/mol. The predicted octanol–water partition coefficient (Wildman–Crippen LogP) is 5.71. The van der Waals surface area contributed by atoms with Gasteiger partial charge in [0.25, 0.3) is 5.91 Å². The molecule has 154 valence electrons. The molecule has 1 unspecified atom stereocenters. The van der Waals surface area contributed by atoms with Gasteiger partial charge in [-0.05, 0) is 66.8 Å². The second-order valence-electron chi connectivity index (χ2n) is 7.50. The minimum absolute atomic E-state index is 0.00422. The highest BCUT2D eigenvalue weighted by Gasteiger charge is 2.43. The van der Waals surface area contributed by atoms with Gasteiger partial charge in [0.2, 0.25) is 5.76 Å². The molecule has 6 heteroatoms. The van der Waals surface area contributed by atoms with E-state index >= 15 is 0 Å². The van der Waals surface area contributed by atoms with Crippen molar-refractivity contribution in [2.24, 2.45) is 0 Å². The largest absolute Gasteiger partial charge is 0.450 e. The van der Waals surface area contributed by atoms with E-state index in [0.29, 0.717) is 5.69 Å². The maximum absolute atomic E-state index is 13.9. The molecular formula is C25H18FNO3S. The van der Waals surface area contributed by atoms with E-state index in [2.05, 4.69) is 0 Å². The summed E-state index contributed by atoms with van der Waals surface area (Å²) in [6.07, 6.45) is 1.98. The van der Waals surface area contributed by atoms with Crippen molar-refractivity contribution in [2.75, 3.05) is 11.2 Å². The van der Waals surface area contributed by atoms with Crippen molar-refractivity contribution in [1.29, 1.82) is 0 Å². The van der Waals surface area contributed by atoms with Crippen molar-refractivity contribution < 1.29 is 13.6 Å². The van der Waals surface area contributed by atoms with E-state index in [1.54, 1.807) is 16.7 Å². The summed E-state index contributed by atoms with van der Waals surface area (Å²) in [5, 5.41) is 0.128. The average molecular weight is 431 g/mol. The number of nitrogens with zero attached hydrogens (tertiary/aromatic N) is 1. The van der Waals surface area contributed by atoms with Crippen LogP contribution < -0.4 is 10.3 Å². The van der Waals surface area contributed by atoms with Crippen LogP contribution in [0.15, 0.2) is 80.8 Å². The zero-order valence-electron chi connectivity index (χ0n) is 16.9. The third-order valence-corrected chi connectivity index (χ3v) is 6.29. The van der Waals surface area contributed by atoms with Gasteiger partial charge in [0.15, 0.2) is 5.43 Å². The van der Waals surface area contributed by atoms with Gasteiger partial charge in [0.1, 0.15) is 11.4 Å². The molecule has 31 heavy (non-hydrogen) atoms. The van der Waals surface area contributed by atoms with E-state index < -0.39 is 17.3 Å². The summed E-state index contributed by atoms with van der Waals surface area (Å²) in [7, 11) is 0. The first-order valence-electron chi connectivity index (χ1n) is 9.78. The maximum Gasteiger partial charge on any atom is 0.295 e. The van der Waals surface area contributed by atoms with Crippen LogP contribution in [0.1, 0.15) is 33.3 Å². The quantitative estimate of drug-likeness (QED) is 0.390. The Balaban J connectivity index is 1.80. The average Bonchev–Trinajstić information content (AvgIpc) is 3.07. The van der Waals surface area contributed by atoms with Gasteiger partial charge in [-0.3, -0.25) is 14.5 Å². The van der Waals surface area contributed by atoms with E-state index in [1.807, 2.05) is 61.7 Å². The van der Waals surface area contributed by atoms with Crippen LogP contribution in [0.4, 0.5) is 10.1 Å². The lowest BCUT2D eigenvalue weighted by molar-refractivity contribution is 0.0971. The van der Waals surface area contributed by atoms with Crippen LogP contribution in [-0.4, -0.2) is 12.2 Å². The highest BCUT2D eigenvalue weighted by Crippen LogP contribution is 2.41. The van der Waals surface area contributed by atoms with Crippen molar-refractivity contribution in [1.82, 2.24) is 0 Å². The minimum atomic E-state index is -0.663. The Labute approximate surface area is 182 Å². The number of amides is 1. The molecule has 4 nitrogen and oxygen atoms in total. The molecule has 0 bridgehead atoms. The zero-order chi connectivity index (χ0) is 21.7.